The SMILES string of the molecule is CC(C)CNCC(Oc1ccc(F)cc1Cl)C(C)C. The van der Waals surface area contributed by atoms with Crippen molar-refractivity contribution in [3.63, 3.8) is 0 Å². The van der Waals surface area contributed by atoms with E-state index in [4.69, 9.17) is 16.3 Å². The van der Waals surface area contributed by atoms with Gasteiger partial charge in [0.15, 0.2) is 0 Å². The third-order valence-electron chi connectivity index (χ3n) is 2.81. The molecule has 0 aromatic heterocycles. The second kappa shape index (κ2) is 7.71. The fourth-order valence-electron chi connectivity index (χ4n) is 1.66. The normalized spacial score (nSPS) is 13.1. The molecular weight excluding hydrogens is 265 g/mol. The number of ether oxygens (including phenoxy) is 1. The topological polar surface area (TPSA) is 21.3 Å². The number of benzene rings is 1. The Morgan fingerprint density at radius 2 is 1.89 bits per heavy atom. The number of hydrogen-bond donors (Lipinski definition) is 1. The molecule has 2 nitrogen and oxygen atoms in total. The molecule has 0 bridgehead atoms. The summed E-state index contributed by atoms with van der Waals surface area (Å²) >= 11 is 5.98. The van der Waals surface area contributed by atoms with Crippen LogP contribution in [0.4, 0.5) is 4.39 Å². The molecule has 1 unspecified atom stereocenters. The fourth-order valence-corrected chi connectivity index (χ4v) is 1.87. The number of rotatable bonds is 7. The summed E-state index contributed by atoms with van der Waals surface area (Å²) < 4.78 is 18.9. The molecule has 19 heavy (non-hydrogen) atoms. The van der Waals surface area contributed by atoms with Crippen LogP contribution in [0.2, 0.25) is 5.02 Å². The number of halogens is 2. The van der Waals surface area contributed by atoms with E-state index in [0.29, 0.717) is 22.6 Å². The van der Waals surface area contributed by atoms with Gasteiger partial charge in [0, 0.05) is 6.54 Å². The van der Waals surface area contributed by atoms with E-state index in [-0.39, 0.29) is 11.9 Å². The molecule has 0 saturated carbocycles. The standard InChI is InChI=1S/C15H23ClFNO/c1-10(2)8-18-9-15(11(3)4)19-14-6-5-12(17)7-13(14)16/h5-7,10-11,15,18H,8-9H2,1-4H3. The smallest absolute Gasteiger partial charge is 0.138 e. The van der Waals surface area contributed by atoms with Crippen molar-refractivity contribution in [1.29, 1.82) is 0 Å². The summed E-state index contributed by atoms with van der Waals surface area (Å²) in [5.41, 5.74) is 0. The third-order valence-corrected chi connectivity index (χ3v) is 3.11. The molecule has 1 aromatic carbocycles. The van der Waals surface area contributed by atoms with E-state index in [0.717, 1.165) is 13.1 Å². The van der Waals surface area contributed by atoms with Gasteiger partial charge in [-0.3, -0.25) is 0 Å². The van der Waals surface area contributed by atoms with Gasteiger partial charge in [-0.05, 0) is 36.6 Å². The van der Waals surface area contributed by atoms with Crippen molar-refractivity contribution in [2.24, 2.45) is 11.8 Å². The van der Waals surface area contributed by atoms with Gasteiger partial charge in [0.2, 0.25) is 0 Å². The molecule has 1 aromatic rings. The molecule has 0 amide bonds. The maximum atomic E-state index is 13.0. The number of nitrogens with one attached hydrogen (secondary N) is 1. The maximum Gasteiger partial charge on any atom is 0.138 e. The summed E-state index contributed by atoms with van der Waals surface area (Å²) in [6.45, 7) is 10.2. The highest BCUT2D eigenvalue weighted by atomic mass is 35.5. The lowest BCUT2D eigenvalue weighted by Gasteiger charge is -2.24. The van der Waals surface area contributed by atoms with Crippen LogP contribution in [-0.4, -0.2) is 19.2 Å². The van der Waals surface area contributed by atoms with Crippen molar-refractivity contribution in [2.75, 3.05) is 13.1 Å². The van der Waals surface area contributed by atoms with Gasteiger partial charge < -0.3 is 10.1 Å². The van der Waals surface area contributed by atoms with Crippen molar-refractivity contribution < 1.29 is 9.13 Å². The second-order valence-corrected chi connectivity index (χ2v) is 5.93. The van der Waals surface area contributed by atoms with Crippen LogP contribution in [0.15, 0.2) is 18.2 Å². The van der Waals surface area contributed by atoms with Crippen LogP contribution in [0.5, 0.6) is 5.75 Å². The average molecular weight is 288 g/mol. The van der Waals surface area contributed by atoms with Gasteiger partial charge in [-0.1, -0.05) is 39.3 Å². The molecule has 4 heteroatoms. The van der Waals surface area contributed by atoms with Gasteiger partial charge in [-0.15, -0.1) is 0 Å². The minimum absolute atomic E-state index is 0.0155. The maximum absolute atomic E-state index is 13.0. The lowest BCUT2D eigenvalue weighted by molar-refractivity contribution is 0.148. The van der Waals surface area contributed by atoms with E-state index in [2.05, 4.69) is 33.0 Å². The van der Waals surface area contributed by atoms with Crippen molar-refractivity contribution in [3.05, 3.63) is 29.0 Å². The highest BCUT2D eigenvalue weighted by Crippen LogP contribution is 2.27. The van der Waals surface area contributed by atoms with E-state index in [1.165, 1.54) is 12.1 Å². The van der Waals surface area contributed by atoms with Crippen molar-refractivity contribution in [1.82, 2.24) is 5.32 Å². The molecule has 0 spiro atoms. The summed E-state index contributed by atoms with van der Waals surface area (Å²) in [5.74, 6) is 1.13. The second-order valence-electron chi connectivity index (χ2n) is 5.53. The highest BCUT2D eigenvalue weighted by Gasteiger charge is 2.16. The van der Waals surface area contributed by atoms with Gasteiger partial charge in [0.05, 0.1) is 5.02 Å². The Morgan fingerprint density at radius 3 is 2.42 bits per heavy atom. The molecule has 1 rings (SSSR count). The Kier molecular flexibility index (Phi) is 6.59. The molecule has 0 aliphatic carbocycles. The Bertz CT molecular complexity index is 396. The minimum Gasteiger partial charge on any atom is -0.487 e. The quantitative estimate of drug-likeness (QED) is 0.814. The summed E-state index contributed by atoms with van der Waals surface area (Å²) in [4.78, 5) is 0. The van der Waals surface area contributed by atoms with Gasteiger partial charge >= 0.3 is 0 Å². The van der Waals surface area contributed by atoms with E-state index in [1.807, 2.05) is 0 Å². The van der Waals surface area contributed by atoms with E-state index < -0.39 is 0 Å². The first-order valence-corrected chi connectivity index (χ1v) is 7.10. The van der Waals surface area contributed by atoms with Gasteiger partial charge in [-0.2, -0.15) is 0 Å². The van der Waals surface area contributed by atoms with Crippen molar-refractivity contribution in [2.45, 2.75) is 33.8 Å². The zero-order chi connectivity index (χ0) is 14.4. The Labute approximate surface area is 120 Å². The molecule has 0 fully saturated rings. The molecule has 0 heterocycles. The minimum atomic E-state index is -0.351. The molecule has 0 aliphatic rings. The molecule has 108 valence electrons. The van der Waals surface area contributed by atoms with Crippen LogP contribution in [0, 0.1) is 17.7 Å². The van der Waals surface area contributed by atoms with Crippen LogP contribution in [0.1, 0.15) is 27.7 Å². The van der Waals surface area contributed by atoms with Crippen LogP contribution in [-0.2, 0) is 0 Å². The first-order chi connectivity index (χ1) is 8.90. The van der Waals surface area contributed by atoms with Gasteiger partial charge in [0.25, 0.3) is 0 Å². The highest BCUT2D eigenvalue weighted by molar-refractivity contribution is 6.32. The van der Waals surface area contributed by atoms with E-state index >= 15 is 0 Å². The Balaban J connectivity index is 2.62. The Morgan fingerprint density at radius 1 is 1.21 bits per heavy atom. The lowest BCUT2D eigenvalue weighted by Crippen LogP contribution is -2.37. The molecule has 0 saturated heterocycles. The van der Waals surface area contributed by atoms with E-state index in [9.17, 15) is 4.39 Å². The van der Waals surface area contributed by atoms with Crippen LogP contribution in [0.3, 0.4) is 0 Å². The molecule has 1 N–H and O–H groups in total. The van der Waals surface area contributed by atoms with Crippen LogP contribution in [0.25, 0.3) is 0 Å². The van der Waals surface area contributed by atoms with E-state index in [1.54, 1.807) is 6.07 Å². The first kappa shape index (κ1) is 16.3. The number of hydrogen-bond acceptors (Lipinski definition) is 2. The summed E-state index contributed by atoms with van der Waals surface area (Å²) in [6, 6.07) is 4.21. The van der Waals surface area contributed by atoms with Gasteiger partial charge in [-0.25, -0.2) is 4.39 Å². The largest absolute Gasteiger partial charge is 0.487 e. The van der Waals surface area contributed by atoms with Gasteiger partial charge in [0.1, 0.15) is 17.7 Å². The predicted molar refractivity (Wildman–Crippen MR) is 78.4 cm³/mol. The average Bonchev–Trinajstić information content (AvgIpc) is 2.30. The van der Waals surface area contributed by atoms with Crippen LogP contribution < -0.4 is 10.1 Å². The monoisotopic (exact) mass is 287 g/mol. The third kappa shape index (κ3) is 5.79. The zero-order valence-corrected chi connectivity index (χ0v) is 12.8. The molecule has 1 atom stereocenters. The zero-order valence-electron chi connectivity index (χ0n) is 12.0. The lowest BCUT2D eigenvalue weighted by atomic mass is 10.1. The van der Waals surface area contributed by atoms with Crippen LogP contribution >= 0.6 is 11.6 Å². The summed E-state index contributed by atoms with van der Waals surface area (Å²) in [7, 11) is 0. The fraction of sp³-hybridized carbons (Fsp3) is 0.600. The molecule has 0 aliphatic heterocycles. The molecule has 0 radical (unpaired) electrons. The molecular formula is C15H23ClFNO. The summed E-state index contributed by atoms with van der Waals surface area (Å²) in [5, 5.41) is 3.69. The predicted octanol–water partition coefficient (Wildman–Crippen LogP) is 4.13. The summed E-state index contributed by atoms with van der Waals surface area (Å²) in [6.07, 6.45) is 0.0155. The van der Waals surface area contributed by atoms with Crippen molar-refractivity contribution in [3.8, 4) is 5.75 Å². The first-order valence-electron chi connectivity index (χ1n) is 6.72. The Hall–Kier alpha value is -0.800. The van der Waals surface area contributed by atoms with Crippen molar-refractivity contribution >= 4 is 11.6 Å².